The number of hydrogen-bond donors (Lipinski definition) is 24. The van der Waals surface area contributed by atoms with Crippen LogP contribution in [0.1, 0.15) is 172 Å². The van der Waals surface area contributed by atoms with E-state index < -0.39 is 267 Å². The molecule has 1 aliphatic rings. The van der Waals surface area contributed by atoms with Gasteiger partial charge in [-0.25, -0.2) is 4.79 Å². The van der Waals surface area contributed by atoms with Gasteiger partial charge in [0.15, 0.2) is 11.7 Å². The van der Waals surface area contributed by atoms with Crippen LogP contribution in [0.25, 0.3) is 10.9 Å². The highest BCUT2D eigenvalue weighted by Gasteiger charge is 2.41. The molecule has 0 aliphatic carbocycles. The number of cyclic esters (lactones) is 1. The molecule has 1 aliphatic heterocycles. The third-order valence-corrected chi connectivity index (χ3v) is 19.2. The molecule has 13 unspecified atom stereocenters. The number of ether oxygens (including phenoxy) is 1. The summed E-state index contributed by atoms with van der Waals surface area (Å²) < 4.78 is 5.70. The normalized spacial score (nSPS) is 20.6. The molecule has 45 heteroatoms. The number of aromatic nitrogens is 1. The number of nitrogens with one attached hydrogen (secondary N) is 16. The summed E-state index contributed by atoms with van der Waals surface area (Å²) in [6, 6.07) is -10.8. The molecule has 2 aromatic carbocycles. The van der Waals surface area contributed by atoms with E-state index in [1.54, 1.807) is 30.5 Å². The third-order valence-electron chi connectivity index (χ3n) is 19.2. The quantitative estimate of drug-likeness (QED) is 0.00637. The van der Waals surface area contributed by atoms with Crippen LogP contribution < -0.4 is 91.6 Å². The van der Waals surface area contributed by atoms with Crippen LogP contribution in [0.5, 0.6) is 0 Å². The maximum atomic E-state index is 14.9. The zero-order chi connectivity index (χ0) is 90.9. The van der Waals surface area contributed by atoms with Gasteiger partial charge in [-0.15, -0.1) is 0 Å². The summed E-state index contributed by atoms with van der Waals surface area (Å²) in [5, 5.41) is 88.9. The van der Waals surface area contributed by atoms with Gasteiger partial charge in [0.2, 0.25) is 82.7 Å². The SMILES string of the molecule is CCCCCCCCCCCCCC(=O)NC(Cc1c[nH]c2ccccc12)C(=O)NC(CC(N)=O)C(=O)NC(CC(=O)O)C(=O)NC1C(=O)NCC(=O)NC(CCCNC(=N)N)C(=O)NC(CC(=O)O)C(=O)NC(C)C(=O)NC(CC(=O)O)C(=O)NCC(=O)NC(CO)C(=O)NC(C(C)CC(=O)O)C(=O)NC(CC(=O)c2ccccc2N)C(=O)OC1C. The molecule has 0 saturated carbocycles. The number of benzene rings is 2. The number of carbonyl (C=O) groups excluding carboxylic acids is 16. The minimum absolute atomic E-state index is 0.0224. The minimum Gasteiger partial charge on any atom is -0.481 e. The molecule has 0 spiro atoms. The third kappa shape index (κ3) is 36.1. The maximum absolute atomic E-state index is 14.9. The summed E-state index contributed by atoms with van der Waals surface area (Å²) in [5.41, 5.74) is 17.8. The number of anilines is 1. The molecule has 27 N–H and O–H groups in total. The van der Waals surface area contributed by atoms with Gasteiger partial charge >= 0.3 is 29.8 Å². The van der Waals surface area contributed by atoms with E-state index in [9.17, 15) is 121 Å². The molecule has 1 fully saturated rings. The summed E-state index contributed by atoms with van der Waals surface area (Å²) >= 11 is 0. The number of rotatable bonds is 40. The Morgan fingerprint density at radius 3 is 1.65 bits per heavy atom. The second-order valence-corrected chi connectivity index (χ2v) is 29.2. The first kappa shape index (κ1) is 101. The zero-order valence-corrected chi connectivity index (χ0v) is 67.9. The summed E-state index contributed by atoms with van der Waals surface area (Å²) in [5.74, 6) is -30.6. The Bertz CT molecular complexity index is 4250. The van der Waals surface area contributed by atoms with E-state index in [0.29, 0.717) is 29.3 Å². The highest BCUT2D eigenvalue weighted by Crippen LogP contribution is 2.22. The Morgan fingerprint density at radius 2 is 1.07 bits per heavy atom. The number of aromatic amines is 1. The molecule has 1 aromatic heterocycles. The fraction of sp³-hybridized carbons (Fsp3) is 0.545. The average Bonchev–Trinajstić information content (AvgIpc) is 1.68. The predicted octanol–water partition coefficient (Wildman–Crippen LogP) is -4.54. The summed E-state index contributed by atoms with van der Waals surface area (Å²) in [6.07, 6.45) is 2.21. The van der Waals surface area contributed by atoms with Crippen LogP contribution in [-0.4, -0.2) is 254 Å². The highest BCUT2D eigenvalue weighted by atomic mass is 16.5. The van der Waals surface area contributed by atoms with Crippen LogP contribution in [0.3, 0.4) is 0 Å². The first-order valence-corrected chi connectivity index (χ1v) is 39.6. The lowest BCUT2D eigenvalue weighted by Gasteiger charge is -2.30. The minimum atomic E-state index is -2.48. The van der Waals surface area contributed by atoms with E-state index >= 15 is 0 Å². The Morgan fingerprint density at radius 1 is 0.541 bits per heavy atom. The fourth-order valence-corrected chi connectivity index (χ4v) is 12.6. The van der Waals surface area contributed by atoms with E-state index in [4.69, 9.17) is 27.3 Å². The molecule has 3 aromatic rings. The molecule has 670 valence electrons. The first-order valence-electron chi connectivity index (χ1n) is 39.6. The van der Waals surface area contributed by atoms with Gasteiger partial charge in [0.05, 0.1) is 51.8 Å². The molecule has 0 bridgehead atoms. The van der Waals surface area contributed by atoms with Crippen molar-refractivity contribution in [2.75, 3.05) is 32.0 Å². The molecule has 1 saturated heterocycles. The van der Waals surface area contributed by atoms with Crippen LogP contribution >= 0.6 is 0 Å². The lowest BCUT2D eigenvalue weighted by molar-refractivity contribution is -0.156. The van der Waals surface area contributed by atoms with Gasteiger partial charge < -0.3 is 127 Å². The van der Waals surface area contributed by atoms with Crippen molar-refractivity contribution in [2.24, 2.45) is 17.4 Å². The summed E-state index contributed by atoms with van der Waals surface area (Å²) in [7, 11) is 0. The molecule has 14 amide bonds. The lowest BCUT2D eigenvalue weighted by Crippen LogP contribution is -2.62. The Hall–Kier alpha value is -13.4. The number of H-pyrrole nitrogens is 1. The van der Waals surface area contributed by atoms with E-state index in [0.717, 1.165) is 65.7 Å². The van der Waals surface area contributed by atoms with Gasteiger partial charge in [0.25, 0.3) is 0 Å². The fourth-order valence-electron chi connectivity index (χ4n) is 12.6. The Balaban J connectivity index is 1.87. The number of guanidine groups is 1. The number of amides is 14. The summed E-state index contributed by atoms with van der Waals surface area (Å²) in [4.78, 5) is 278. The Kier molecular flexibility index (Phi) is 42.9. The smallest absolute Gasteiger partial charge is 0.329 e. The highest BCUT2D eigenvalue weighted by molar-refractivity contribution is 6.05. The van der Waals surface area contributed by atoms with E-state index in [-0.39, 0.29) is 37.1 Å². The van der Waals surface area contributed by atoms with Crippen LogP contribution in [0.2, 0.25) is 0 Å². The van der Waals surface area contributed by atoms with Crippen LogP contribution in [0, 0.1) is 11.3 Å². The second kappa shape index (κ2) is 51.8. The van der Waals surface area contributed by atoms with Crippen molar-refractivity contribution in [3.8, 4) is 0 Å². The van der Waals surface area contributed by atoms with E-state index in [1.807, 2.05) is 16.0 Å². The number of primary amides is 1. The molecular weight excluding hydrogens is 1610 g/mol. The number of carboxylic acid groups (broad SMARTS) is 4. The molecule has 45 nitrogen and oxygen atoms in total. The van der Waals surface area contributed by atoms with Gasteiger partial charge in [-0.3, -0.25) is 96.5 Å². The Labute approximate surface area is 699 Å². The molecule has 4 rings (SSSR count). The van der Waals surface area contributed by atoms with Crippen molar-refractivity contribution in [3.63, 3.8) is 0 Å². The van der Waals surface area contributed by atoms with Crippen molar-refractivity contribution >= 4 is 141 Å². The van der Waals surface area contributed by atoms with Crippen molar-refractivity contribution in [1.29, 1.82) is 5.41 Å². The second-order valence-electron chi connectivity index (χ2n) is 29.2. The van der Waals surface area contributed by atoms with Crippen molar-refractivity contribution in [2.45, 2.75) is 235 Å². The number of unbranched alkanes of at least 4 members (excludes halogenated alkanes) is 10. The number of aliphatic carboxylic acids is 4. The largest absolute Gasteiger partial charge is 0.481 e. The number of ketones is 1. The topological polar surface area (TPSA) is 738 Å². The molecule has 0 radical (unpaired) electrons. The van der Waals surface area contributed by atoms with Crippen molar-refractivity contribution in [1.82, 2.24) is 79.4 Å². The molecular formula is C77H111N19O26. The van der Waals surface area contributed by atoms with Gasteiger partial charge in [-0.1, -0.05) is 108 Å². The number of nitrogen functional groups attached to an aromatic ring is 1. The molecule has 13 atom stereocenters. The number of carbonyl (C=O) groups is 20. The molecule has 2 heterocycles. The number of Topliss-reactive ketones (excluding diaryl/α,β-unsaturated/α-hetero) is 1. The first-order chi connectivity index (χ1) is 57.7. The van der Waals surface area contributed by atoms with Gasteiger partial charge in [-0.2, -0.15) is 0 Å². The molecule has 122 heavy (non-hydrogen) atoms. The van der Waals surface area contributed by atoms with Gasteiger partial charge in [0.1, 0.15) is 72.6 Å². The lowest BCUT2D eigenvalue weighted by atomic mass is 9.96. The number of nitrogens with two attached hydrogens (primary N) is 3. The number of esters is 1. The number of carboxylic acids is 4. The standard InChI is InChI=1S/C77H111N19O26/c1-5-6-7-8-9-10-11-12-13-14-15-26-57(100)88-48(29-42-35-83-46-24-19-17-21-43(42)46)70(115)91-49(31-56(79)99)71(116)93-52(34-63(109)110)72(117)96-65-41(4)122-76(121)53(30-55(98)44-22-16-18-23-45(44)78)94-75(120)64(39(2)28-60(103)104)95-73(118)54(38-97)89-59(102)36-84-67(112)50(32-61(105)106)90-66(111)40(3)86-69(114)51(33-62(107)108)92-68(113)47(25-20-27-82-77(80)81)87-58(101)37-85-74(65)119/h16-19,21-24,35,39-41,47-54,64-65,83,97H,5-15,20,25-34,36-38,78H2,1-4H3,(H2,79,99)(H,84,112)(H,85,119)(H,86,114)(H,87,101)(H,88,100)(H,89,102)(H,90,111)(H,91,115)(H,92,113)(H,93,116)(H,94,120)(H,95,118)(H,96,117)(H,103,104)(H,105,106)(H,107,108)(H,109,110)(H4,80,81,82). The monoisotopic (exact) mass is 1720 g/mol. The number of aliphatic hydroxyl groups excluding tert-OH is 1. The van der Waals surface area contributed by atoms with Crippen molar-refractivity contribution < 1.29 is 126 Å². The zero-order valence-electron chi connectivity index (χ0n) is 67.9. The summed E-state index contributed by atoms with van der Waals surface area (Å²) in [6.45, 7) is 1.09. The van der Waals surface area contributed by atoms with Gasteiger partial charge in [0, 0.05) is 54.2 Å². The van der Waals surface area contributed by atoms with Crippen molar-refractivity contribution in [3.05, 3.63) is 65.9 Å². The average molecular weight is 1720 g/mol. The number of aliphatic hydroxyl groups is 1. The maximum Gasteiger partial charge on any atom is 0.329 e. The van der Waals surface area contributed by atoms with Crippen LogP contribution in [-0.2, 0) is 102 Å². The van der Waals surface area contributed by atoms with Gasteiger partial charge in [-0.05, 0) is 62.8 Å². The number of fused-ring (bicyclic) bond motifs is 1. The predicted molar refractivity (Wildman–Crippen MR) is 430 cm³/mol. The number of hydrogen-bond acceptors (Lipinski definition) is 24. The van der Waals surface area contributed by atoms with E-state index in [2.05, 4.69) is 70.4 Å². The number of para-hydroxylation sites is 2. The van der Waals surface area contributed by atoms with E-state index in [1.165, 1.54) is 37.1 Å². The van der Waals surface area contributed by atoms with Crippen LogP contribution in [0.15, 0.2) is 54.7 Å². The van der Waals surface area contributed by atoms with Crippen LogP contribution in [0.4, 0.5) is 5.69 Å².